The standard InChI is InChI=1S/C93H166O16P2/c1-4-7-10-13-16-19-22-25-28-30-32-34-36-38-40-42-43-45-47-48-50-52-54-56-59-61-64-67-70-73-76-79-91(96)103-82-88(94)83-105-110(99,100)106-84-89(95)85-107-111(101,102)108-87-90(109-93(98)81-78-75-72-69-66-63-58-27-24-21-18-15-12-9-6-3)86-104-92(97)80-77-74-71-68-65-62-60-57-55-53-51-49-46-44-41-39-37-35-33-31-29-26-23-20-17-14-11-8-5-2/h8,11,16-17,19-20,25-26,28-29,32-35,38-41,88-90,94-95H,4-7,9-10,12-15,18,21-24,27,30-31,36-37,42-87H2,1-3H3,(H,99,100)(H,101,102)/b11-8-,19-16-,20-17-,28-25-,29-26-,34-32-,35-33-,40-38-,41-39-. The van der Waals surface area contributed by atoms with Crippen LogP contribution in [0, 0.1) is 0 Å². The second-order valence-corrected chi connectivity index (χ2v) is 33.3. The molecule has 111 heavy (non-hydrogen) atoms. The normalized spacial score (nSPS) is 14.3. The first-order valence-corrected chi connectivity index (χ1v) is 48.2. The van der Waals surface area contributed by atoms with Crippen LogP contribution in [0.25, 0.3) is 0 Å². The van der Waals surface area contributed by atoms with E-state index in [9.17, 15) is 43.5 Å². The van der Waals surface area contributed by atoms with Gasteiger partial charge in [0.2, 0.25) is 0 Å². The minimum atomic E-state index is -4.93. The number of esters is 3. The topological polar surface area (TPSA) is 231 Å². The minimum absolute atomic E-state index is 0.109. The molecule has 4 N–H and O–H groups in total. The molecule has 0 heterocycles. The third kappa shape index (κ3) is 86.9. The highest BCUT2D eigenvalue weighted by atomic mass is 31.2. The van der Waals surface area contributed by atoms with Crippen molar-refractivity contribution >= 4 is 33.6 Å². The summed E-state index contributed by atoms with van der Waals surface area (Å²) in [5.41, 5.74) is 0. The van der Waals surface area contributed by atoms with E-state index in [0.717, 1.165) is 122 Å². The summed E-state index contributed by atoms with van der Waals surface area (Å²) in [6.07, 6.45) is 103. The van der Waals surface area contributed by atoms with Crippen molar-refractivity contribution in [2.45, 2.75) is 424 Å². The molecule has 0 aromatic heterocycles. The summed E-state index contributed by atoms with van der Waals surface area (Å²) in [7, 11) is -9.79. The van der Waals surface area contributed by atoms with Gasteiger partial charge in [-0.15, -0.1) is 0 Å². The molecule has 0 saturated heterocycles. The van der Waals surface area contributed by atoms with Crippen LogP contribution in [0.5, 0.6) is 0 Å². The molecule has 0 aromatic rings. The lowest BCUT2D eigenvalue weighted by Crippen LogP contribution is -2.30. The first-order valence-electron chi connectivity index (χ1n) is 45.2. The van der Waals surface area contributed by atoms with Crippen LogP contribution in [0.3, 0.4) is 0 Å². The van der Waals surface area contributed by atoms with E-state index in [1.807, 2.05) is 0 Å². The molecule has 0 spiro atoms. The Balaban J connectivity index is 4.46. The first-order chi connectivity index (χ1) is 54.2. The number of allylic oxidation sites excluding steroid dienone is 18. The van der Waals surface area contributed by atoms with Crippen LogP contribution in [-0.4, -0.2) is 95.9 Å². The van der Waals surface area contributed by atoms with Gasteiger partial charge in [0.1, 0.15) is 25.4 Å². The number of phosphoric acid groups is 2. The zero-order valence-corrected chi connectivity index (χ0v) is 72.7. The lowest BCUT2D eigenvalue weighted by molar-refractivity contribution is -0.161. The summed E-state index contributed by atoms with van der Waals surface area (Å²) in [6.45, 7) is 2.62. The van der Waals surface area contributed by atoms with Gasteiger partial charge in [-0.2, -0.15) is 0 Å². The van der Waals surface area contributed by atoms with E-state index in [0.29, 0.717) is 19.3 Å². The van der Waals surface area contributed by atoms with Gasteiger partial charge in [-0.25, -0.2) is 9.13 Å². The fraction of sp³-hybridized carbons (Fsp3) is 0.774. The van der Waals surface area contributed by atoms with Crippen LogP contribution >= 0.6 is 15.6 Å². The Morgan fingerprint density at radius 1 is 0.261 bits per heavy atom. The number of carbonyl (C=O) groups excluding carboxylic acids is 3. The zero-order valence-electron chi connectivity index (χ0n) is 70.9. The molecule has 0 aliphatic rings. The van der Waals surface area contributed by atoms with Crippen molar-refractivity contribution in [2.75, 3.05) is 39.6 Å². The summed E-state index contributed by atoms with van der Waals surface area (Å²) in [5.74, 6) is -1.55. The first kappa shape index (κ1) is 107. The van der Waals surface area contributed by atoms with Crippen LogP contribution in [0.4, 0.5) is 0 Å². The third-order valence-corrected chi connectivity index (χ3v) is 21.4. The Bertz CT molecular complexity index is 2450. The molecular formula is C93H166O16P2. The van der Waals surface area contributed by atoms with E-state index >= 15 is 0 Å². The minimum Gasteiger partial charge on any atom is -0.463 e. The highest BCUT2D eigenvalue weighted by Gasteiger charge is 2.29. The Labute approximate surface area is 679 Å². The molecule has 0 radical (unpaired) electrons. The molecule has 0 aliphatic heterocycles. The summed E-state index contributed by atoms with van der Waals surface area (Å²) in [6, 6.07) is 0. The number of carbonyl (C=O) groups is 3. The third-order valence-electron chi connectivity index (χ3n) is 19.5. The van der Waals surface area contributed by atoms with Crippen molar-refractivity contribution in [2.24, 2.45) is 0 Å². The van der Waals surface area contributed by atoms with Gasteiger partial charge in [0.05, 0.1) is 26.4 Å². The Kier molecular flexibility index (Phi) is 82.7. The van der Waals surface area contributed by atoms with Gasteiger partial charge in [-0.05, 0) is 109 Å². The molecule has 0 fully saturated rings. The van der Waals surface area contributed by atoms with Gasteiger partial charge in [0.25, 0.3) is 0 Å². The number of ether oxygens (including phenoxy) is 3. The highest BCUT2D eigenvalue weighted by Crippen LogP contribution is 2.45. The molecule has 0 saturated carbocycles. The van der Waals surface area contributed by atoms with Crippen molar-refractivity contribution in [1.82, 2.24) is 0 Å². The molecule has 0 bridgehead atoms. The fourth-order valence-corrected chi connectivity index (χ4v) is 14.2. The number of unbranched alkanes of at least 4 members (excludes halogenated alkanes) is 45. The van der Waals surface area contributed by atoms with E-state index in [1.165, 1.54) is 225 Å². The van der Waals surface area contributed by atoms with Crippen LogP contribution in [0.2, 0.25) is 0 Å². The SMILES string of the molecule is CC/C=C\C/C=C\C/C=C\C/C=C\C/C=C\CCCCCCCCCCCCCCCC(=O)OCC(COP(=O)(O)OCC(O)COP(=O)(O)OCC(O)COC(=O)CCCCCCCCCCCCCCCCC/C=C\C/C=C\C/C=C\C/C=C\CCCCC)OC(=O)CCCCCCCCCCCCCCCCC. The van der Waals surface area contributed by atoms with E-state index < -0.39 is 91.5 Å². The average Bonchev–Trinajstić information content (AvgIpc) is 0.971. The second-order valence-electron chi connectivity index (χ2n) is 30.4. The average molecular weight is 1600 g/mol. The summed E-state index contributed by atoms with van der Waals surface area (Å²) >= 11 is 0. The molecule has 16 nitrogen and oxygen atoms in total. The van der Waals surface area contributed by atoms with Crippen LogP contribution in [-0.2, 0) is 55.8 Å². The number of aliphatic hydroxyl groups excluding tert-OH is 2. The number of aliphatic hydroxyl groups is 2. The Morgan fingerprint density at radius 2 is 0.477 bits per heavy atom. The molecule has 0 amide bonds. The van der Waals surface area contributed by atoms with E-state index in [-0.39, 0.29) is 19.3 Å². The van der Waals surface area contributed by atoms with Gasteiger partial charge in [0.15, 0.2) is 6.10 Å². The molecular weight excluding hydrogens is 1430 g/mol. The summed E-state index contributed by atoms with van der Waals surface area (Å²) < 4.78 is 61.4. The fourth-order valence-electron chi connectivity index (χ4n) is 12.6. The molecule has 0 aromatic carbocycles. The molecule has 0 aliphatic carbocycles. The van der Waals surface area contributed by atoms with E-state index in [2.05, 4.69) is 130 Å². The van der Waals surface area contributed by atoms with Crippen molar-refractivity contribution in [1.29, 1.82) is 0 Å². The lowest BCUT2D eigenvalue weighted by Gasteiger charge is -2.21. The number of phosphoric ester groups is 2. The van der Waals surface area contributed by atoms with E-state index in [1.54, 1.807) is 0 Å². The van der Waals surface area contributed by atoms with Gasteiger partial charge >= 0.3 is 33.6 Å². The molecule has 0 rings (SSSR count). The zero-order chi connectivity index (χ0) is 80.8. The Morgan fingerprint density at radius 3 is 0.775 bits per heavy atom. The predicted octanol–water partition coefficient (Wildman–Crippen LogP) is 27.4. The second kappa shape index (κ2) is 85.6. The molecule has 5 atom stereocenters. The number of hydrogen-bond donors (Lipinski definition) is 4. The van der Waals surface area contributed by atoms with Crippen LogP contribution < -0.4 is 0 Å². The quantitative estimate of drug-likeness (QED) is 0.0146. The smallest absolute Gasteiger partial charge is 0.463 e. The summed E-state index contributed by atoms with van der Waals surface area (Å²) in [5, 5.41) is 20.7. The molecule has 18 heteroatoms. The van der Waals surface area contributed by atoms with Gasteiger partial charge in [-0.3, -0.25) is 32.5 Å². The number of rotatable bonds is 86. The van der Waals surface area contributed by atoms with Crippen molar-refractivity contribution < 1.29 is 75.8 Å². The largest absolute Gasteiger partial charge is 0.472 e. The van der Waals surface area contributed by atoms with Crippen LogP contribution in [0.1, 0.15) is 406 Å². The maximum Gasteiger partial charge on any atom is 0.472 e. The van der Waals surface area contributed by atoms with E-state index in [4.69, 9.17) is 32.3 Å². The monoisotopic (exact) mass is 1600 g/mol. The van der Waals surface area contributed by atoms with Gasteiger partial charge in [-0.1, -0.05) is 387 Å². The Hall–Kier alpha value is -3.79. The lowest BCUT2D eigenvalue weighted by atomic mass is 10.0. The maximum absolute atomic E-state index is 13.0. The van der Waals surface area contributed by atoms with Crippen LogP contribution in [0.15, 0.2) is 109 Å². The van der Waals surface area contributed by atoms with Crippen molar-refractivity contribution in [3.8, 4) is 0 Å². The van der Waals surface area contributed by atoms with Gasteiger partial charge < -0.3 is 34.2 Å². The van der Waals surface area contributed by atoms with Gasteiger partial charge in [0, 0.05) is 19.3 Å². The highest BCUT2D eigenvalue weighted by molar-refractivity contribution is 7.47. The summed E-state index contributed by atoms with van der Waals surface area (Å²) in [4.78, 5) is 58.9. The van der Waals surface area contributed by atoms with Crippen molar-refractivity contribution in [3.05, 3.63) is 109 Å². The van der Waals surface area contributed by atoms with Crippen molar-refractivity contribution in [3.63, 3.8) is 0 Å². The molecule has 644 valence electrons. The number of hydrogen-bond acceptors (Lipinski definition) is 14. The predicted molar refractivity (Wildman–Crippen MR) is 464 cm³/mol. The maximum atomic E-state index is 13.0. The molecule has 5 unspecified atom stereocenters.